The molecule has 2 rings (SSSR count). The van der Waals surface area contributed by atoms with E-state index in [2.05, 4.69) is 4.72 Å². The average Bonchev–Trinajstić information content (AvgIpc) is 2.84. The first-order chi connectivity index (χ1) is 7.99. The fraction of sp³-hybridized carbons (Fsp3) is 0. The second-order valence-corrected chi connectivity index (χ2v) is 5.43. The van der Waals surface area contributed by atoms with Crippen LogP contribution in [-0.4, -0.2) is 19.5 Å². The van der Waals surface area contributed by atoms with Gasteiger partial charge in [-0.2, -0.15) is 19.8 Å². The van der Waals surface area contributed by atoms with Crippen LogP contribution in [0.2, 0.25) is 0 Å². The molecule has 0 fully saturated rings. The molecule has 0 aliphatic carbocycles. The number of thiophene rings is 1. The number of nitrogens with one attached hydrogen (secondary N) is 1. The number of carboxylic acid groups (broad SMARTS) is 1. The van der Waals surface area contributed by atoms with Crippen LogP contribution in [0.3, 0.4) is 0 Å². The molecule has 0 radical (unpaired) electrons. The van der Waals surface area contributed by atoms with Crippen LogP contribution in [0.5, 0.6) is 0 Å². The maximum absolute atomic E-state index is 11.7. The van der Waals surface area contributed by atoms with Crippen LogP contribution in [0, 0.1) is 0 Å². The molecule has 2 heterocycles. The quantitative estimate of drug-likeness (QED) is 0.886. The highest BCUT2D eigenvalue weighted by atomic mass is 32.2. The molecule has 0 atom stereocenters. The molecule has 0 aromatic carbocycles. The lowest BCUT2D eigenvalue weighted by molar-refractivity contribution is 0.0656. The van der Waals surface area contributed by atoms with Gasteiger partial charge in [-0.15, -0.1) is 0 Å². The molecule has 0 bridgehead atoms. The second-order valence-electron chi connectivity index (χ2n) is 3.04. The lowest BCUT2D eigenvalue weighted by atomic mass is 10.5. The van der Waals surface area contributed by atoms with Crippen LogP contribution in [0.1, 0.15) is 10.6 Å². The SMILES string of the molecule is O=C(O)c1ccc(S(=O)(=O)Nc2ccsc2)o1. The summed E-state index contributed by atoms with van der Waals surface area (Å²) in [6.07, 6.45) is 0. The maximum atomic E-state index is 11.7. The minimum atomic E-state index is -3.87. The third kappa shape index (κ3) is 2.48. The minimum absolute atomic E-state index is 0.406. The standard InChI is InChI=1S/C9H7NO5S2/c11-9(12)7-1-2-8(15-7)17(13,14)10-6-3-4-16-5-6/h1-5,10H,(H,11,12). The molecule has 0 saturated carbocycles. The van der Waals surface area contributed by atoms with Gasteiger partial charge in [0, 0.05) is 5.38 Å². The fourth-order valence-electron chi connectivity index (χ4n) is 1.11. The van der Waals surface area contributed by atoms with Gasteiger partial charge in [-0.05, 0) is 23.6 Å². The Labute approximate surface area is 101 Å². The van der Waals surface area contributed by atoms with E-state index in [0.29, 0.717) is 5.69 Å². The van der Waals surface area contributed by atoms with Gasteiger partial charge >= 0.3 is 5.97 Å². The Morgan fingerprint density at radius 3 is 2.65 bits per heavy atom. The predicted molar refractivity (Wildman–Crippen MR) is 60.8 cm³/mol. The molecule has 2 N–H and O–H groups in total. The van der Waals surface area contributed by atoms with Crippen molar-refractivity contribution in [2.75, 3.05) is 4.72 Å². The molecule has 17 heavy (non-hydrogen) atoms. The number of carboxylic acids is 1. The van der Waals surface area contributed by atoms with E-state index in [-0.39, 0.29) is 0 Å². The lowest BCUT2D eigenvalue weighted by Gasteiger charge is -2.01. The summed E-state index contributed by atoms with van der Waals surface area (Å²) in [6.45, 7) is 0. The van der Waals surface area contributed by atoms with Crippen molar-refractivity contribution in [3.05, 3.63) is 34.7 Å². The van der Waals surface area contributed by atoms with Crippen LogP contribution >= 0.6 is 11.3 Å². The minimum Gasteiger partial charge on any atom is -0.475 e. The summed E-state index contributed by atoms with van der Waals surface area (Å²) in [5.74, 6) is -1.74. The normalized spacial score (nSPS) is 11.3. The zero-order chi connectivity index (χ0) is 12.5. The Bertz CT molecular complexity index is 626. The largest absolute Gasteiger partial charge is 0.475 e. The molecule has 0 amide bonds. The molecule has 0 saturated heterocycles. The summed E-state index contributed by atoms with van der Waals surface area (Å²) in [7, 11) is -3.87. The van der Waals surface area contributed by atoms with Crippen molar-refractivity contribution in [3.8, 4) is 0 Å². The van der Waals surface area contributed by atoms with Gasteiger partial charge in [0.1, 0.15) is 0 Å². The molecule has 2 aromatic heterocycles. The summed E-state index contributed by atoms with van der Waals surface area (Å²) in [5.41, 5.74) is 0.406. The fourth-order valence-corrected chi connectivity index (χ4v) is 2.75. The first-order valence-electron chi connectivity index (χ1n) is 4.37. The van der Waals surface area contributed by atoms with E-state index >= 15 is 0 Å². The van der Waals surface area contributed by atoms with Gasteiger partial charge in [0.15, 0.2) is 0 Å². The molecule has 6 nitrogen and oxygen atoms in total. The van der Waals surface area contributed by atoms with Gasteiger partial charge in [0.2, 0.25) is 10.9 Å². The number of aromatic carboxylic acids is 1. The highest BCUT2D eigenvalue weighted by molar-refractivity contribution is 7.92. The van der Waals surface area contributed by atoms with Crippen LogP contribution in [0.4, 0.5) is 5.69 Å². The van der Waals surface area contributed by atoms with Gasteiger partial charge in [0.05, 0.1) is 5.69 Å². The number of hydrogen-bond donors (Lipinski definition) is 2. The molecule has 8 heteroatoms. The number of carbonyl (C=O) groups is 1. The highest BCUT2D eigenvalue weighted by Gasteiger charge is 2.21. The van der Waals surface area contributed by atoms with Gasteiger partial charge in [0.25, 0.3) is 10.0 Å². The molecular weight excluding hydrogens is 266 g/mol. The van der Waals surface area contributed by atoms with Crippen molar-refractivity contribution in [1.82, 2.24) is 0 Å². The molecule has 0 spiro atoms. The van der Waals surface area contributed by atoms with Gasteiger partial charge in [-0.3, -0.25) is 4.72 Å². The number of furan rings is 1. The van der Waals surface area contributed by atoms with Crippen molar-refractivity contribution in [1.29, 1.82) is 0 Å². The van der Waals surface area contributed by atoms with E-state index in [0.717, 1.165) is 12.1 Å². The van der Waals surface area contributed by atoms with E-state index in [1.54, 1.807) is 16.8 Å². The monoisotopic (exact) mass is 273 g/mol. The Kier molecular flexibility index (Phi) is 2.90. The number of rotatable bonds is 4. The Hall–Kier alpha value is -1.80. The van der Waals surface area contributed by atoms with Gasteiger partial charge in [-0.1, -0.05) is 0 Å². The van der Waals surface area contributed by atoms with Crippen LogP contribution in [-0.2, 0) is 10.0 Å². The lowest BCUT2D eigenvalue weighted by Crippen LogP contribution is -2.11. The summed E-state index contributed by atoms with van der Waals surface area (Å²) < 4.78 is 30.5. The van der Waals surface area contributed by atoms with Crippen LogP contribution < -0.4 is 4.72 Å². The van der Waals surface area contributed by atoms with Crippen LogP contribution in [0.25, 0.3) is 0 Å². The topological polar surface area (TPSA) is 96.6 Å². The Morgan fingerprint density at radius 1 is 1.35 bits per heavy atom. The van der Waals surface area contributed by atoms with Crippen molar-refractivity contribution >= 4 is 33.0 Å². The van der Waals surface area contributed by atoms with Crippen molar-refractivity contribution < 1.29 is 22.7 Å². The zero-order valence-electron chi connectivity index (χ0n) is 8.28. The third-order valence-electron chi connectivity index (χ3n) is 1.83. The summed E-state index contributed by atoms with van der Waals surface area (Å²) in [4.78, 5) is 10.6. The first kappa shape index (κ1) is 11.7. The van der Waals surface area contributed by atoms with Gasteiger partial charge < -0.3 is 9.52 Å². The van der Waals surface area contributed by atoms with Crippen LogP contribution in [0.15, 0.2) is 38.5 Å². The van der Waals surface area contributed by atoms with E-state index in [4.69, 9.17) is 9.52 Å². The smallest absolute Gasteiger partial charge is 0.371 e. The van der Waals surface area contributed by atoms with E-state index < -0.39 is 26.8 Å². The van der Waals surface area contributed by atoms with E-state index in [1.807, 2.05) is 0 Å². The maximum Gasteiger partial charge on any atom is 0.371 e. The predicted octanol–water partition coefficient (Wildman–Crippen LogP) is 1.84. The van der Waals surface area contributed by atoms with Crippen molar-refractivity contribution in [3.63, 3.8) is 0 Å². The zero-order valence-corrected chi connectivity index (χ0v) is 9.92. The molecule has 90 valence electrons. The average molecular weight is 273 g/mol. The van der Waals surface area contributed by atoms with Gasteiger partial charge in [-0.25, -0.2) is 4.79 Å². The summed E-state index contributed by atoms with van der Waals surface area (Å²) in [5, 5.41) is 11.5. The van der Waals surface area contributed by atoms with Crippen molar-refractivity contribution in [2.45, 2.75) is 5.09 Å². The molecule has 0 aliphatic rings. The summed E-state index contributed by atoms with van der Waals surface area (Å²) >= 11 is 1.33. The number of hydrogen-bond acceptors (Lipinski definition) is 5. The molecular formula is C9H7NO5S2. The second kappa shape index (κ2) is 4.22. The van der Waals surface area contributed by atoms with E-state index in [1.165, 1.54) is 11.3 Å². The first-order valence-corrected chi connectivity index (χ1v) is 6.80. The third-order valence-corrected chi connectivity index (χ3v) is 3.77. The molecule has 0 aliphatic heterocycles. The summed E-state index contributed by atoms with van der Waals surface area (Å²) in [6, 6.07) is 3.77. The number of sulfonamides is 1. The number of anilines is 1. The Balaban J connectivity index is 2.28. The molecule has 2 aromatic rings. The Morgan fingerprint density at radius 2 is 2.12 bits per heavy atom. The van der Waals surface area contributed by atoms with Crippen molar-refractivity contribution in [2.24, 2.45) is 0 Å². The van der Waals surface area contributed by atoms with E-state index in [9.17, 15) is 13.2 Å². The molecule has 0 unspecified atom stereocenters. The highest BCUT2D eigenvalue weighted by Crippen LogP contribution is 2.20.